The van der Waals surface area contributed by atoms with Gasteiger partial charge in [0.05, 0.1) is 18.1 Å². The molecule has 0 saturated heterocycles. The van der Waals surface area contributed by atoms with Crippen molar-refractivity contribution >= 4 is 11.6 Å². The van der Waals surface area contributed by atoms with Gasteiger partial charge in [0, 0.05) is 21.8 Å². The number of aromatic nitrogens is 2. The zero-order valence-electron chi connectivity index (χ0n) is 18.5. The van der Waals surface area contributed by atoms with Gasteiger partial charge in [0.25, 0.3) is 0 Å². The third kappa shape index (κ3) is 4.35. The topological polar surface area (TPSA) is 106 Å². The number of H-pyrrole nitrogens is 1. The van der Waals surface area contributed by atoms with E-state index in [0.717, 1.165) is 35.2 Å². The number of fused-ring (bicyclic) bond motifs is 1. The number of aromatic amines is 1. The lowest BCUT2D eigenvalue weighted by atomic mass is 9.83. The van der Waals surface area contributed by atoms with E-state index in [2.05, 4.69) is 23.2 Å². The quantitative estimate of drug-likeness (QED) is 0.473. The number of rotatable bonds is 8. The minimum Gasteiger partial charge on any atom is -0.490 e. The second-order valence-corrected chi connectivity index (χ2v) is 7.99. The zero-order chi connectivity index (χ0) is 23.4. The minimum atomic E-state index is -0.513. The van der Waals surface area contributed by atoms with E-state index in [9.17, 15) is 5.26 Å². The minimum absolute atomic E-state index is 0.0309. The third-order valence-electron chi connectivity index (χ3n) is 5.47. The summed E-state index contributed by atoms with van der Waals surface area (Å²) >= 11 is 6.35. The summed E-state index contributed by atoms with van der Waals surface area (Å²) in [6.45, 7) is 4.68. The number of allylic oxidation sites excluding steroid dienone is 1. The lowest BCUT2D eigenvalue weighted by molar-refractivity contribution is 0.266. The molecule has 8 heteroatoms. The molecule has 1 atom stereocenters. The molecule has 2 heterocycles. The molecule has 33 heavy (non-hydrogen) atoms. The molecule has 3 aromatic rings. The van der Waals surface area contributed by atoms with Gasteiger partial charge in [0.2, 0.25) is 11.8 Å². The van der Waals surface area contributed by atoms with Crippen molar-refractivity contribution in [3.8, 4) is 23.4 Å². The maximum absolute atomic E-state index is 10.00. The molecular formula is C25H25ClN4O3. The van der Waals surface area contributed by atoms with Crippen LogP contribution in [0.4, 0.5) is 0 Å². The lowest BCUT2D eigenvalue weighted by Crippen LogP contribution is -2.22. The Kier molecular flexibility index (Phi) is 6.76. The van der Waals surface area contributed by atoms with Crippen LogP contribution in [0.25, 0.3) is 0 Å². The monoisotopic (exact) mass is 464 g/mol. The Labute approximate surface area is 197 Å². The fourth-order valence-electron chi connectivity index (χ4n) is 4.01. The molecule has 0 bridgehead atoms. The number of nitrogens with one attached hydrogen (secondary N) is 1. The predicted molar refractivity (Wildman–Crippen MR) is 125 cm³/mol. The van der Waals surface area contributed by atoms with Gasteiger partial charge in [0.1, 0.15) is 18.2 Å². The van der Waals surface area contributed by atoms with Gasteiger partial charge < -0.3 is 19.9 Å². The first-order chi connectivity index (χ1) is 16.1. The Morgan fingerprint density at radius 3 is 2.73 bits per heavy atom. The molecule has 2 aromatic carbocycles. The van der Waals surface area contributed by atoms with Gasteiger partial charge >= 0.3 is 0 Å². The molecule has 1 aromatic heterocycles. The summed E-state index contributed by atoms with van der Waals surface area (Å²) in [5.41, 5.74) is 9.72. The van der Waals surface area contributed by atoms with Gasteiger partial charge in [-0.15, -0.1) is 5.10 Å². The highest BCUT2D eigenvalue weighted by molar-refractivity contribution is 6.31. The number of nitriles is 1. The normalized spacial score (nSPS) is 14.9. The SMILES string of the molecule is CCCc1[nH]nc2c1[C@@H](c1cccc(OCC)c1OCc1ccccc1Cl)C(C#N)=C(N)O2. The Bertz CT molecular complexity index is 1230. The Hall–Kier alpha value is -3.63. The maximum atomic E-state index is 10.00. The highest BCUT2D eigenvalue weighted by atomic mass is 35.5. The van der Waals surface area contributed by atoms with Crippen LogP contribution in [0.1, 0.15) is 48.6 Å². The van der Waals surface area contributed by atoms with Crippen LogP contribution in [0.15, 0.2) is 53.9 Å². The van der Waals surface area contributed by atoms with E-state index in [1.165, 1.54) is 0 Å². The fraction of sp³-hybridized carbons (Fsp3) is 0.280. The van der Waals surface area contributed by atoms with Crippen LogP contribution in [0.2, 0.25) is 5.02 Å². The van der Waals surface area contributed by atoms with Gasteiger partial charge in [-0.1, -0.05) is 55.3 Å². The first-order valence-corrected chi connectivity index (χ1v) is 11.2. The first kappa shape index (κ1) is 22.6. The van der Waals surface area contributed by atoms with Gasteiger partial charge in [0.15, 0.2) is 11.5 Å². The number of halogens is 1. The summed E-state index contributed by atoms with van der Waals surface area (Å²) in [6, 6.07) is 15.4. The molecule has 170 valence electrons. The molecule has 0 amide bonds. The largest absolute Gasteiger partial charge is 0.490 e. The van der Waals surface area contributed by atoms with Crippen molar-refractivity contribution in [2.24, 2.45) is 5.73 Å². The number of hydrogen-bond donors (Lipinski definition) is 2. The molecule has 0 spiro atoms. The Morgan fingerprint density at radius 1 is 1.18 bits per heavy atom. The van der Waals surface area contributed by atoms with Crippen molar-refractivity contribution in [1.82, 2.24) is 10.2 Å². The standard InChI is InChI=1S/C25H25ClN4O3/c1-3-8-19-22-21(17(13-27)24(28)33-25(22)30-29-19)16-10-7-12-20(31-4-2)23(16)32-14-15-9-5-6-11-18(15)26/h5-7,9-12,21H,3-4,8,14,28H2,1-2H3,(H,29,30)/t21-/m0/s1. The number of nitrogens with zero attached hydrogens (tertiary/aromatic N) is 2. The molecule has 0 aliphatic carbocycles. The second kappa shape index (κ2) is 9.88. The molecule has 0 saturated carbocycles. The number of para-hydroxylation sites is 1. The van der Waals surface area contributed by atoms with E-state index in [0.29, 0.717) is 34.6 Å². The van der Waals surface area contributed by atoms with E-state index in [-0.39, 0.29) is 12.5 Å². The van der Waals surface area contributed by atoms with Crippen LogP contribution in [-0.4, -0.2) is 16.8 Å². The highest BCUT2D eigenvalue weighted by Gasteiger charge is 2.37. The number of hydrogen-bond acceptors (Lipinski definition) is 6. The Balaban J connectivity index is 1.86. The summed E-state index contributed by atoms with van der Waals surface area (Å²) < 4.78 is 17.9. The average Bonchev–Trinajstić information content (AvgIpc) is 3.20. The summed E-state index contributed by atoms with van der Waals surface area (Å²) in [5, 5.41) is 18.0. The molecular weight excluding hydrogens is 440 g/mol. The fourth-order valence-corrected chi connectivity index (χ4v) is 4.20. The number of ether oxygens (including phenoxy) is 3. The smallest absolute Gasteiger partial charge is 0.244 e. The third-order valence-corrected chi connectivity index (χ3v) is 5.84. The van der Waals surface area contributed by atoms with E-state index < -0.39 is 5.92 Å². The van der Waals surface area contributed by atoms with Crippen molar-refractivity contribution in [1.29, 1.82) is 5.26 Å². The summed E-state index contributed by atoms with van der Waals surface area (Å²) in [5.74, 6) is 0.996. The van der Waals surface area contributed by atoms with Gasteiger partial charge in [-0.2, -0.15) is 5.26 Å². The van der Waals surface area contributed by atoms with Crippen molar-refractivity contribution in [2.75, 3.05) is 6.61 Å². The molecule has 0 unspecified atom stereocenters. The van der Waals surface area contributed by atoms with Crippen LogP contribution in [0, 0.1) is 11.3 Å². The van der Waals surface area contributed by atoms with Crippen LogP contribution < -0.4 is 19.9 Å². The van der Waals surface area contributed by atoms with E-state index in [4.69, 9.17) is 31.5 Å². The zero-order valence-corrected chi connectivity index (χ0v) is 19.3. The van der Waals surface area contributed by atoms with Gasteiger partial charge in [-0.3, -0.25) is 5.10 Å². The van der Waals surface area contributed by atoms with E-state index in [1.807, 2.05) is 49.4 Å². The van der Waals surface area contributed by atoms with Crippen LogP contribution in [0.5, 0.6) is 17.4 Å². The summed E-state index contributed by atoms with van der Waals surface area (Å²) in [4.78, 5) is 0. The van der Waals surface area contributed by atoms with Crippen molar-refractivity contribution < 1.29 is 14.2 Å². The number of benzene rings is 2. The summed E-state index contributed by atoms with van der Waals surface area (Å²) in [7, 11) is 0. The molecule has 3 N–H and O–H groups in total. The molecule has 4 rings (SSSR count). The van der Waals surface area contributed by atoms with Gasteiger partial charge in [-0.05, 0) is 25.5 Å². The predicted octanol–water partition coefficient (Wildman–Crippen LogP) is 5.21. The number of aryl methyl sites for hydroxylation is 1. The Morgan fingerprint density at radius 2 is 2.00 bits per heavy atom. The second-order valence-electron chi connectivity index (χ2n) is 7.58. The average molecular weight is 465 g/mol. The van der Waals surface area contributed by atoms with Crippen molar-refractivity contribution in [3.63, 3.8) is 0 Å². The van der Waals surface area contributed by atoms with E-state index in [1.54, 1.807) is 0 Å². The molecule has 0 fully saturated rings. The van der Waals surface area contributed by atoms with Gasteiger partial charge in [-0.25, -0.2) is 0 Å². The van der Waals surface area contributed by atoms with Crippen molar-refractivity contribution in [3.05, 3.63) is 81.3 Å². The van der Waals surface area contributed by atoms with Crippen molar-refractivity contribution in [2.45, 2.75) is 39.2 Å². The van der Waals surface area contributed by atoms with Crippen LogP contribution in [-0.2, 0) is 13.0 Å². The molecule has 7 nitrogen and oxygen atoms in total. The molecule has 1 aliphatic rings. The highest BCUT2D eigenvalue weighted by Crippen LogP contribution is 2.48. The molecule has 1 aliphatic heterocycles. The van der Waals surface area contributed by atoms with Crippen LogP contribution in [0.3, 0.4) is 0 Å². The molecule has 0 radical (unpaired) electrons. The lowest BCUT2D eigenvalue weighted by Gasteiger charge is -2.26. The number of nitrogens with two attached hydrogens (primary N) is 1. The maximum Gasteiger partial charge on any atom is 0.244 e. The van der Waals surface area contributed by atoms with Crippen LogP contribution >= 0.6 is 11.6 Å². The summed E-state index contributed by atoms with van der Waals surface area (Å²) in [6.07, 6.45) is 1.65. The first-order valence-electron chi connectivity index (χ1n) is 10.9. The van der Waals surface area contributed by atoms with E-state index >= 15 is 0 Å².